The molecule has 1 aliphatic rings. The van der Waals surface area contributed by atoms with Gasteiger partial charge in [0.05, 0.1) is 11.8 Å². The van der Waals surface area contributed by atoms with Gasteiger partial charge in [0.2, 0.25) is 0 Å². The Morgan fingerprint density at radius 2 is 1.80 bits per heavy atom. The predicted octanol–water partition coefficient (Wildman–Crippen LogP) is 3.04. The molecule has 1 fully saturated rings. The molecule has 0 N–H and O–H groups in total. The molecule has 130 valence electrons. The molecule has 4 rings (SSSR count). The largest absolute Gasteiger partial charge is 0.463 e. The number of fused-ring (bicyclic) bond motifs is 1. The fraction of sp³-hybridized carbons (Fsp3) is 0.350. The standard InChI is InChI=1S/C20H23N3O2/c1-15-3-5-16(6-4-15)14-22-8-10-23(11-9-22)20(24)18-13-19-17(21(18)2)7-12-25-19/h3-7,12-13H,8-11,14H2,1-2H3. The Balaban J connectivity index is 1.39. The molecule has 0 unspecified atom stereocenters. The summed E-state index contributed by atoms with van der Waals surface area (Å²) < 4.78 is 7.33. The van der Waals surface area contributed by atoms with Crippen LogP contribution in [-0.2, 0) is 13.6 Å². The van der Waals surface area contributed by atoms with E-state index in [0.29, 0.717) is 5.69 Å². The van der Waals surface area contributed by atoms with Crippen LogP contribution in [0.1, 0.15) is 21.6 Å². The normalized spacial score (nSPS) is 15.8. The Hall–Kier alpha value is -2.53. The van der Waals surface area contributed by atoms with Crippen LogP contribution in [0.25, 0.3) is 11.1 Å². The average Bonchev–Trinajstić information content (AvgIpc) is 3.20. The van der Waals surface area contributed by atoms with Crippen molar-refractivity contribution in [2.45, 2.75) is 13.5 Å². The van der Waals surface area contributed by atoms with Gasteiger partial charge in [0.25, 0.3) is 5.91 Å². The van der Waals surface area contributed by atoms with E-state index in [1.165, 1.54) is 11.1 Å². The molecule has 0 aliphatic carbocycles. The first-order chi connectivity index (χ1) is 12.1. The Morgan fingerprint density at radius 1 is 1.08 bits per heavy atom. The lowest BCUT2D eigenvalue weighted by atomic mass is 10.1. The highest BCUT2D eigenvalue weighted by Gasteiger charge is 2.25. The van der Waals surface area contributed by atoms with Crippen molar-refractivity contribution in [1.82, 2.24) is 14.4 Å². The molecule has 0 radical (unpaired) electrons. The summed E-state index contributed by atoms with van der Waals surface area (Å²) >= 11 is 0. The van der Waals surface area contributed by atoms with Gasteiger partial charge in [0.15, 0.2) is 5.58 Å². The second-order valence-corrected chi connectivity index (χ2v) is 6.81. The minimum absolute atomic E-state index is 0.0869. The third-order valence-corrected chi connectivity index (χ3v) is 5.07. The van der Waals surface area contributed by atoms with E-state index in [9.17, 15) is 4.79 Å². The number of benzene rings is 1. The quantitative estimate of drug-likeness (QED) is 0.738. The summed E-state index contributed by atoms with van der Waals surface area (Å²) in [6.45, 7) is 6.38. The van der Waals surface area contributed by atoms with Gasteiger partial charge in [-0.05, 0) is 12.5 Å². The van der Waals surface area contributed by atoms with E-state index < -0.39 is 0 Å². The lowest BCUT2D eigenvalue weighted by molar-refractivity contribution is 0.0619. The molecule has 5 heteroatoms. The molecule has 0 spiro atoms. The molecule has 5 nitrogen and oxygen atoms in total. The lowest BCUT2D eigenvalue weighted by Crippen LogP contribution is -2.48. The van der Waals surface area contributed by atoms with Gasteiger partial charge in [0.1, 0.15) is 5.69 Å². The number of hydrogen-bond acceptors (Lipinski definition) is 3. The first-order valence-corrected chi connectivity index (χ1v) is 8.72. The van der Waals surface area contributed by atoms with Crippen molar-refractivity contribution < 1.29 is 9.21 Å². The van der Waals surface area contributed by atoms with E-state index in [1.807, 2.05) is 28.6 Å². The summed E-state index contributed by atoms with van der Waals surface area (Å²) in [5.41, 5.74) is 5.03. The van der Waals surface area contributed by atoms with Gasteiger partial charge in [-0.15, -0.1) is 0 Å². The zero-order valence-corrected chi connectivity index (χ0v) is 14.7. The smallest absolute Gasteiger partial charge is 0.270 e. The average molecular weight is 337 g/mol. The maximum atomic E-state index is 12.8. The van der Waals surface area contributed by atoms with Gasteiger partial charge in [-0.3, -0.25) is 9.69 Å². The van der Waals surface area contributed by atoms with E-state index in [2.05, 4.69) is 36.1 Å². The predicted molar refractivity (Wildman–Crippen MR) is 97.5 cm³/mol. The van der Waals surface area contributed by atoms with Crippen LogP contribution in [-0.4, -0.2) is 46.5 Å². The summed E-state index contributed by atoms with van der Waals surface area (Å²) in [4.78, 5) is 17.2. The maximum absolute atomic E-state index is 12.8. The lowest BCUT2D eigenvalue weighted by Gasteiger charge is -2.34. The van der Waals surface area contributed by atoms with Crippen LogP contribution >= 0.6 is 0 Å². The molecule has 1 aliphatic heterocycles. The highest BCUT2D eigenvalue weighted by atomic mass is 16.3. The highest BCUT2D eigenvalue weighted by molar-refractivity contribution is 5.97. The van der Waals surface area contributed by atoms with Gasteiger partial charge >= 0.3 is 0 Å². The first-order valence-electron chi connectivity index (χ1n) is 8.72. The van der Waals surface area contributed by atoms with Crippen molar-refractivity contribution in [3.63, 3.8) is 0 Å². The summed E-state index contributed by atoms with van der Waals surface area (Å²) in [7, 11) is 1.92. The maximum Gasteiger partial charge on any atom is 0.270 e. The van der Waals surface area contributed by atoms with Crippen LogP contribution in [0.4, 0.5) is 0 Å². The highest BCUT2D eigenvalue weighted by Crippen LogP contribution is 2.21. The zero-order chi connectivity index (χ0) is 17.4. The van der Waals surface area contributed by atoms with Crippen LogP contribution < -0.4 is 0 Å². The summed E-state index contributed by atoms with van der Waals surface area (Å²) in [5, 5.41) is 0. The Labute approximate surface area is 147 Å². The van der Waals surface area contributed by atoms with Crippen molar-refractivity contribution in [2.75, 3.05) is 26.2 Å². The molecule has 25 heavy (non-hydrogen) atoms. The zero-order valence-electron chi connectivity index (χ0n) is 14.7. The van der Waals surface area contributed by atoms with E-state index in [4.69, 9.17) is 4.42 Å². The number of amides is 1. The molecule has 1 saturated heterocycles. The van der Waals surface area contributed by atoms with Gasteiger partial charge < -0.3 is 13.9 Å². The fourth-order valence-corrected chi connectivity index (χ4v) is 3.48. The van der Waals surface area contributed by atoms with Gasteiger partial charge in [-0.25, -0.2) is 0 Å². The molecule has 1 aromatic carbocycles. The number of carbonyl (C=O) groups excluding carboxylic acids is 1. The first kappa shape index (κ1) is 16.0. The number of hydrogen-bond donors (Lipinski definition) is 0. The molecule has 3 aromatic rings. The molecule has 0 saturated carbocycles. The van der Waals surface area contributed by atoms with E-state index >= 15 is 0 Å². The van der Waals surface area contributed by atoms with Gasteiger partial charge in [-0.2, -0.15) is 0 Å². The summed E-state index contributed by atoms with van der Waals surface area (Å²) in [6.07, 6.45) is 1.66. The Bertz CT molecular complexity index is 883. The fourth-order valence-electron chi connectivity index (χ4n) is 3.48. The second kappa shape index (κ2) is 6.41. The number of aromatic nitrogens is 1. The summed E-state index contributed by atoms with van der Waals surface area (Å²) in [5.74, 6) is 0.0869. The van der Waals surface area contributed by atoms with Crippen LogP contribution in [0.15, 0.2) is 47.1 Å². The molecule has 2 aromatic heterocycles. The van der Waals surface area contributed by atoms with Crippen LogP contribution in [0.3, 0.4) is 0 Å². The summed E-state index contributed by atoms with van der Waals surface area (Å²) in [6, 6.07) is 12.4. The van der Waals surface area contributed by atoms with E-state index in [1.54, 1.807) is 6.26 Å². The van der Waals surface area contributed by atoms with Crippen molar-refractivity contribution in [2.24, 2.45) is 7.05 Å². The van der Waals surface area contributed by atoms with Crippen molar-refractivity contribution in [3.8, 4) is 0 Å². The Morgan fingerprint density at radius 3 is 2.48 bits per heavy atom. The van der Waals surface area contributed by atoms with E-state index in [-0.39, 0.29) is 5.91 Å². The number of rotatable bonds is 3. The molecule has 0 atom stereocenters. The van der Waals surface area contributed by atoms with E-state index in [0.717, 1.165) is 43.8 Å². The minimum Gasteiger partial charge on any atom is -0.463 e. The molecular weight excluding hydrogens is 314 g/mol. The van der Waals surface area contributed by atoms with Gasteiger partial charge in [-0.1, -0.05) is 29.8 Å². The van der Waals surface area contributed by atoms with Gasteiger partial charge in [0, 0.05) is 51.9 Å². The van der Waals surface area contributed by atoms with Crippen molar-refractivity contribution >= 4 is 17.0 Å². The minimum atomic E-state index is 0.0869. The molecule has 1 amide bonds. The topological polar surface area (TPSA) is 41.6 Å². The number of aryl methyl sites for hydroxylation is 2. The molecule has 3 heterocycles. The number of furan rings is 1. The molecule has 0 bridgehead atoms. The number of nitrogens with zero attached hydrogens (tertiary/aromatic N) is 3. The Kier molecular flexibility index (Phi) is 4.09. The second-order valence-electron chi connectivity index (χ2n) is 6.81. The SMILES string of the molecule is Cc1ccc(CN2CCN(C(=O)c3cc4occc4n3C)CC2)cc1. The van der Waals surface area contributed by atoms with Crippen LogP contribution in [0.2, 0.25) is 0 Å². The third kappa shape index (κ3) is 3.07. The van der Waals surface area contributed by atoms with Crippen molar-refractivity contribution in [1.29, 1.82) is 0 Å². The van der Waals surface area contributed by atoms with Crippen LogP contribution in [0.5, 0.6) is 0 Å². The van der Waals surface area contributed by atoms with Crippen molar-refractivity contribution in [3.05, 3.63) is 59.5 Å². The number of carbonyl (C=O) groups is 1. The van der Waals surface area contributed by atoms with Crippen LogP contribution in [0, 0.1) is 6.92 Å². The number of piperazine rings is 1. The molecular formula is C20H23N3O2. The third-order valence-electron chi connectivity index (χ3n) is 5.07. The monoisotopic (exact) mass is 337 g/mol.